The van der Waals surface area contributed by atoms with Gasteiger partial charge < -0.3 is 10.6 Å². The maximum absolute atomic E-state index is 14.5. The van der Waals surface area contributed by atoms with Gasteiger partial charge in [-0.1, -0.05) is 11.6 Å². The lowest BCUT2D eigenvalue weighted by Crippen LogP contribution is -2.16. The zero-order valence-corrected chi connectivity index (χ0v) is 15.3. The molecule has 28 heavy (non-hydrogen) atoms. The first-order chi connectivity index (χ1) is 13.5. The Labute approximate surface area is 164 Å². The number of hydrogen-bond acceptors (Lipinski definition) is 4. The van der Waals surface area contributed by atoms with Crippen LogP contribution in [0.3, 0.4) is 0 Å². The Bertz CT molecular complexity index is 1050. The molecule has 0 saturated heterocycles. The van der Waals surface area contributed by atoms with Crippen molar-refractivity contribution in [3.63, 3.8) is 0 Å². The molecule has 142 valence electrons. The first-order valence-corrected chi connectivity index (χ1v) is 9.01. The van der Waals surface area contributed by atoms with Crippen LogP contribution in [-0.4, -0.2) is 15.9 Å². The van der Waals surface area contributed by atoms with Crippen molar-refractivity contribution >= 4 is 29.0 Å². The van der Waals surface area contributed by atoms with Crippen LogP contribution in [0.4, 0.5) is 20.3 Å². The Kier molecular flexibility index (Phi) is 4.92. The summed E-state index contributed by atoms with van der Waals surface area (Å²) in [5.74, 6) is -0.758. The van der Waals surface area contributed by atoms with E-state index in [-0.39, 0.29) is 16.9 Å². The minimum atomic E-state index is -0.569. The number of nitrogens with zero attached hydrogens (tertiary/aromatic N) is 2. The number of benzene rings is 2. The van der Waals surface area contributed by atoms with Gasteiger partial charge in [-0.3, -0.25) is 4.79 Å². The SMILES string of the molecule is O=C(Nc1ccc(F)c(Cl)c1)c1ccc(F)c2c1CCC2Nc1ccncn1. The molecule has 0 spiro atoms. The van der Waals surface area contributed by atoms with Crippen LogP contribution in [-0.2, 0) is 6.42 Å². The summed E-state index contributed by atoms with van der Waals surface area (Å²) in [6, 6.07) is 8.07. The summed E-state index contributed by atoms with van der Waals surface area (Å²) < 4.78 is 27.9. The van der Waals surface area contributed by atoms with E-state index in [2.05, 4.69) is 20.6 Å². The standard InChI is InChI=1S/C20H15ClF2N4O/c21-14-9-11(1-4-15(14)22)26-20(28)13-2-5-16(23)19-12(13)3-6-17(19)27-18-7-8-24-10-25-18/h1-2,4-5,7-10,17H,3,6H2,(H,26,28)(H,24,25,27). The Hall–Kier alpha value is -3.06. The van der Waals surface area contributed by atoms with Crippen LogP contribution in [0.1, 0.15) is 33.9 Å². The molecule has 0 saturated carbocycles. The van der Waals surface area contributed by atoms with Crippen molar-refractivity contribution < 1.29 is 13.6 Å². The van der Waals surface area contributed by atoms with E-state index in [0.717, 1.165) is 0 Å². The molecule has 8 heteroatoms. The average molecular weight is 401 g/mol. The summed E-state index contributed by atoms with van der Waals surface area (Å²) in [5, 5.41) is 5.79. The highest BCUT2D eigenvalue weighted by molar-refractivity contribution is 6.31. The van der Waals surface area contributed by atoms with Crippen molar-refractivity contribution in [3.05, 3.63) is 82.3 Å². The summed E-state index contributed by atoms with van der Waals surface area (Å²) in [5.41, 5.74) is 1.85. The molecule has 1 amide bonds. The van der Waals surface area contributed by atoms with E-state index in [4.69, 9.17) is 11.6 Å². The van der Waals surface area contributed by atoms with E-state index < -0.39 is 11.7 Å². The number of fused-ring (bicyclic) bond motifs is 1. The van der Waals surface area contributed by atoms with Crippen LogP contribution in [0.5, 0.6) is 0 Å². The first kappa shape index (κ1) is 18.3. The Morgan fingerprint density at radius 3 is 2.71 bits per heavy atom. The van der Waals surface area contributed by atoms with E-state index in [0.29, 0.717) is 41.0 Å². The molecule has 1 heterocycles. The summed E-state index contributed by atoms with van der Waals surface area (Å²) in [6.45, 7) is 0. The van der Waals surface area contributed by atoms with Gasteiger partial charge in [0.05, 0.1) is 11.1 Å². The zero-order valence-electron chi connectivity index (χ0n) is 14.5. The number of halogens is 3. The van der Waals surface area contributed by atoms with Gasteiger partial charge in [0.2, 0.25) is 0 Å². The zero-order chi connectivity index (χ0) is 19.7. The summed E-state index contributed by atoms with van der Waals surface area (Å²) in [4.78, 5) is 20.7. The molecule has 3 aromatic rings. The van der Waals surface area contributed by atoms with Crippen LogP contribution in [0, 0.1) is 11.6 Å². The van der Waals surface area contributed by atoms with Gasteiger partial charge in [-0.15, -0.1) is 0 Å². The highest BCUT2D eigenvalue weighted by Gasteiger charge is 2.30. The van der Waals surface area contributed by atoms with E-state index in [1.54, 1.807) is 12.3 Å². The second-order valence-electron chi connectivity index (χ2n) is 6.40. The van der Waals surface area contributed by atoms with Crippen LogP contribution in [0.2, 0.25) is 5.02 Å². The van der Waals surface area contributed by atoms with Crippen LogP contribution in [0.15, 0.2) is 48.9 Å². The predicted molar refractivity (Wildman–Crippen MR) is 102 cm³/mol. The first-order valence-electron chi connectivity index (χ1n) is 8.63. The molecule has 0 bridgehead atoms. The Morgan fingerprint density at radius 1 is 1.14 bits per heavy atom. The minimum absolute atomic E-state index is 0.0868. The Morgan fingerprint density at radius 2 is 1.96 bits per heavy atom. The molecule has 1 atom stereocenters. The van der Waals surface area contributed by atoms with Gasteiger partial charge in [-0.2, -0.15) is 0 Å². The van der Waals surface area contributed by atoms with E-state index in [1.807, 2.05) is 0 Å². The van der Waals surface area contributed by atoms with Crippen LogP contribution in [0.25, 0.3) is 0 Å². The number of carbonyl (C=O) groups is 1. The second-order valence-corrected chi connectivity index (χ2v) is 6.81. The van der Waals surface area contributed by atoms with Crippen LogP contribution < -0.4 is 10.6 Å². The molecule has 1 unspecified atom stereocenters. The number of amides is 1. The molecular formula is C20H15ClF2N4O. The smallest absolute Gasteiger partial charge is 0.255 e. The monoisotopic (exact) mass is 400 g/mol. The number of nitrogens with one attached hydrogen (secondary N) is 2. The molecule has 1 aliphatic rings. The van der Waals surface area contributed by atoms with Gasteiger partial charge in [0, 0.05) is 23.0 Å². The summed E-state index contributed by atoms with van der Waals surface area (Å²) >= 11 is 5.76. The van der Waals surface area contributed by atoms with Crippen molar-refractivity contribution in [1.82, 2.24) is 9.97 Å². The van der Waals surface area contributed by atoms with Gasteiger partial charge >= 0.3 is 0 Å². The minimum Gasteiger partial charge on any atom is -0.363 e. The topological polar surface area (TPSA) is 66.9 Å². The maximum atomic E-state index is 14.5. The van der Waals surface area contributed by atoms with E-state index >= 15 is 0 Å². The third-order valence-corrected chi connectivity index (χ3v) is 4.95. The maximum Gasteiger partial charge on any atom is 0.255 e. The number of carbonyl (C=O) groups excluding carboxylic acids is 1. The summed E-state index contributed by atoms with van der Waals surface area (Å²) in [7, 11) is 0. The quantitative estimate of drug-likeness (QED) is 0.662. The number of hydrogen-bond donors (Lipinski definition) is 2. The van der Waals surface area contributed by atoms with Crippen molar-refractivity contribution in [2.45, 2.75) is 18.9 Å². The average Bonchev–Trinajstić information content (AvgIpc) is 3.10. The molecule has 0 radical (unpaired) electrons. The molecule has 5 nitrogen and oxygen atoms in total. The highest BCUT2D eigenvalue weighted by Crippen LogP contribution is 2.37. The third kappa shape index (κ3) is 3.53. The fraction of sp³-hybridized carbons (Fsp3) is 0.150. The predicted octanol–water partition coefficient (Wildman–Crippen LogP) is 4.76. The molecule has 1 aliphatic carbocycles. The van der Waals surface area contributed by atoms with E-state index in [1.165, 1.54) is 36.7 Å². The van der Waals surface area contributed by atoms with Gasteiger partial charge in [0.1, 0.15) is 23.8 Å². The van der Waals surface area contributed by atoms with Crippen molar-refractivity contribution in [2.75, 3.05) is 10.6 Å². The largest absolute Gasteiger partial charge is 0.363 e. The molecule has 4 rings (SSSR count). The summed E-state index contributed by atoms with van der Waals surface area (Å²) in [6.07, 6.45) is 4.18. The van der Waals surface area contributed by atoms with Gasteiger partial charge in [0.15, 0.2) is 0 Å². The molecule has 0 fully saturated rings. The lowest BCUT2D eigenvalue weighted by molar-refractivity contribution is 0.102. The van der Waals surface area contributed by atoms with Crippen molar-refractivity contribution in [1.29, 1.82) is 0 Å². The van der Waals surface area contributed by atoms with E-state index in [9.17, 15) is 13.6 Å². The Balaban J connectivity index is 1.61. The van der Waals surface area contributed by atoms with Gasteiger partial charge in [-0.05, 0) is 54.8 Å². The van der Waals surface area contributed by atoms with Crippen molar-refractivity contribution in [3.8, 4) is 0 Å². The molecule has 2 N–H and O–H groups in total. The van der Waals surface area contributed by atoms with Crippen LogP contribution >= 0.6 is 11.6 Å². The third-order valence-electron chi connectivity index (χ3n) is 4.66. The fourth-order valence-corrected chi connectivity index (χ4v) is 3.58. The molecule has 2 aromatic carbocycles. The fourth-order valence-electron chi connectivity index (χ4n) is 3.40. The second kappa shape index (κ2) is 7.52. The van der Waals surface area contributed by atoms with Crippen molar-refractivity contribution in [2.24, 2.45) is 0 Å². The molecule has 0 aliphatic heterocycles. The molecule has 1 aromatic heterocycles. The molecular weight excluding hydrogens is 386 g/mol. The lowest BCUT2D eigenvalue weighted by atomic mass is 10.0. The van der Waals surface area contributed by atoms with Gasteiger partial charge in [0.25, 0.3) is 5.91 Å². The highest BCUT2D eigenvalue weighted by atomic mass is 35.5. The van der Waals surface area contributed by atoms with Gasteiger partial charge in [-0.25, -0.2) is 18.7 Å². The number of rotatable bonds is 4. The number of aromatic nitrogens is 2. The lowest BCUT2D eigenvalue weighted by Gasteiger charge is -2.16. The normalized spacial score (nSPS) is 15.2. The number of anilines is 2.